The molecular formula is C23H28ClN7O4S. The van der Waals surface area contributed by atoms with Crippen molar-refractivity contribution in [2.75, 3.05) is 39.6 Å². The minimum absolute atomic E-state index is 0.0601. The lowest BCUT2D eigenvalue weighted by molar-refractivity contribution is -0.126. The molecule has 0 aliphatic carbocycles. The number of hydrogen-bond donors (Lipinski definition) is 1. The Labute approximate surface area is 218 Å². The van der Waals surface area contributed by atoms with Crippen molar-refractivity contribution < 1.29 is 19.0 Å². The van der Waals surface area contributed by atoms with Gasteiger partial charge in [0.1, 0.15) is 29.1 Å². The average Bonchev–Trinajstić information content (AvgIpc) is 3.45. The van der Waals surface area contributed by atoms with Gasteiger partial charge in [-0.05, 0) is 31.0 Å². The van der Waals surface area contributed by atoms with Crippen LogP contribution in [0.4, 0.5) is 5.95 Å². The fourth-order valence-corrected chi connectivity index (χ4v) is 5.00. The summed E-state index contributed by atoms with van der Waals surface area (Å²) < 4.78 is 22.2. The second-order valence-corrected chi connectivity index (χ2v) is 9.86. The number of anilines is 1. The van der Waals surface area contributed by atoms with Gasteiger partial charge in [-0.3, -0.25) is 14.1 Å². The minimum atomic E-state index is -0.405. The fraction of sp³-hybridized carbons (Fsp3) is 0.435. The highest BCUT2D eigenvalue weighted by Crippen LogP contribution is 2.39. The standard InChI is InChI=1S/C23H28ClN7O4S/c1-13(20(35-5)21-25-10-15(24)11-26-21)36-29-23-28-27-22(14-9-18(32)30(2)12-14)31(23)19-16(33-3)7-6-8-17(19)34-4/h6-8,10-11,13-14,20H,9,12H2,1-5H3,(H,28,29). The third kappa shape index (κ3) is 5.20. The highest BCUT2D eigenvalue weighted by atomic mass is 35.5. The van der Waals surface area contributed by atoms with E-state index in [1.165, 1.54) is 24.3 Å². The zero-order valence-electron chi connectivity index (χ0n) is 20.6. The number of hydrogen-bond acceptors (Lipinski definition) is 10. The van der Waals surface area contributed by atoms with E-state index in [2.05, 4.69) is 24.9 Å². The molecule has 1 saturated heterocycles. The Kier molecular flexibility index (Phi) is 8.17. The molecule has 1 amide bonds. The van der Waals surface area contributed by atoms with Gasteiger partial charge in [-0.1, -0.05) is 17.7 Å². The van der Waals surface area contributed by atoms with Crippen molar-refractivity contribution in [1.29, 1.82) is 0 Å². The molecule has 1 aliphatic rings. The van der Waals surface area contributed by atoms with Gasteiger partial charge >= 0.3 is 0 Å². The van der Waals surface area contributed by atoms with E-state index in [4.69, 9.17) is 25.8 Å². The largest absolute Gasteiger partial charge is 0.494 e. The fourth-order valence-electron chi connectivity index (χ4n) is 4.12. The first kappa shape index (κ1) is 26.0. The Morgan fingerprint density at radius 2 is 1.81 bits per heavy atom. The molecule has 4 rings (SSSR count). The van der Waals surface area contributed by atoms with Crippen molar-refractivity contribution in [1.82, 2.24) is 29.6 Å². The van der Waals surface area contributed by atoms with Crippen LogP contribution >= 0.6 is 23.5 Å². The number of methoxy groups -OCH3 is 3. The van der Waals surface area contributed by atoms with Gasteiger partial charge in [0, 0.05) is 45.4 Å². The highest BCUT2D eigenvalue weighted by molar-refractivity contribution is 8.01. The third-order valence-corrected chi connectivity index (χ3v) is 7.05. The molecular weight excluding hydrogens is 506 g/mol. The molecule has 3 aromatic rings. The van der Waals surface area contributed by atoms with Crippen molar-refractivity contribution in [3.63, 3.8) is 0 Å². The summed E-state index contributed by atoms with van der Waals surface area (Å²) in [5.74, 6) is 2.69. The van der Waals surface area contributed by atoms with Crippen molar-refractivity contribution in [3.8, 4) is 17.2 Å². The highest BCUT2D eigenvalue weighted by Gasteiger charge is 2.34. The average molecular weight is 534 g/mol. The second-order valence-electron chi connectivity index (χ2n) is 8.24. The summed E-state index contributed by atoms with van der Waals surface area (Å²) in [5.41, 5.74) is 0.643. The summed E-state index contributed by atoms with van der Waals surface area (Å²) >= 11 is 7.32. The van der Waals surface area contributed by atoms with E-state index in [0.29, 0.717) is 52.8 Å². The van der Waals surface area contributed by atoms with E-state index in [9.17, 15) is 4.79 Å². The van der Waals surface area contributed by atoms with Gasteiger partial charge in [0.05, 0.1) is 24.5 Å². The Bertz CT molecular complexity index is 1190. The maximum Gasteiger partial charge on any atom is 0.239 e. The van der Waals surface area contributed by atoms with Gasteiger partial charge < -0.3 is 19.1 Å². The lowest BCUT2D eigenvalue weighted by atomic mass is 10.1. The Hall–Kier alpha value is -3.09. The Morgan fingerprint density at radius 3 is 2.36 bits per heavy atom. The van der Waals surface area contributed by atoms with Crippen molar-refractivity contribution >= 4 is 35.4 Å². The molecule has 0 spiro atoms. The Balaban J connectivity index is 1.69. The lowest BCUT2D eigenvalue weighted by Crippen LogP contribution is -2.20. The normalized spacial score (nSPS) is 17.2. The van der Waals surface area contributed by atoms with E-state index in [1.54, 1.807) is 33.3 Å². The number of nitrogens with one attached hydrogen (secondary N) is 1. The first-order valence-electron chi connectivity index (χ1n) is 11.2. The number of likely N-dealkylation sites (tertiary alicyclic amines) is 1. The van der Waals surface area contributed by atoms with Crippen LogP contribution in [-0.2, 0) is 9.53 Å². The number of likely N-dealkylation sites (N-methyl/N-ethyl adjacent to an activating group) is 1. The maximum atomic E-state index is 12.3. The van der Waals surface area contributed by atoms with Crippen LogP contribution in [0.5, 0.6) is 11.5 Å². The molecule has 0 radical (unpaired) electrons. The van der Waals surface area contributed by atoms with E-state index in [0.717, 1.165) is 0 Å². The Morgan fingerprint density at radius 1 is 1.14 bits per heavy atom. The molecule has 0 bridgehead atoms. The molecule has 1 aliphatic heterocycles. The first-order valence-corrected chi connectivity index (χ1v) is 12.5. The zero-order valence-corrected chi connectivity index (χ0v) is 22.2. The van der Waals surface area contributed by atoms with Gasteiger partial charge in [-0.15, -0.1) is 10.2 Å². The third-order valence-electron chi connectivity index (χ3n) is 5.93. The first-order chi connectivity index (χ1) is 17.4. The van der Waals surface area contributed by atoms with E-state index >= 15 is 0 Å². The number of para-hydroxylation sites is 1. The van der Waals surface area contributed by atoms with Gasteiger partial charge in [-0.2, -0.15) is 0 Å². The van der Waals surface area contributed by atoms with Crippen LogP contribution in [0.2, 0.25) is 5.02 Å². The summed E-state index contributed by atoms with van der Waals surface area (Å²) in [6, 6.07) is 5.52. The van der Waals surface area contributed by atoms with Gasteiger partial charge in [0.25, 0.3) is 0 Å². The number of benzene rings is 1. The summed E-state index contributed by atoms with van der Waals surface area (Å²) in [5, 5.41) is 9.24. The van der Waals surface area contributed by atoms with Crippen molar-refractivity contribution in [3.05, 3.63) is 47.3 Å². The molecule has 11 nitrogen and oxygen atoms in total. The summed E-state index contributed by atoms with van der Waals surface area (Å²) in [6.45, 7) is 2.53. The number of nitrogens with zero attached hydrogens (tertiary/aromatic N) is 6. The number of ether oxygens (including phenoxy) is 3. The van der Waals surface area contributed by atoms with Crippen LogP contribution < -0.4 is 14.2 Å². The number of carbonyl (C=O) groups is 1. The molecule has 3 atom stereocenters. The van der Waals surface area contributed by atoms with E-state index in [1.807, 2.05) is 29.7 Å². The SMILES string of the molecule is COc1cccc(OC)c1-n1c(NSC(C)C(OC)c2ncc(Cl)cn2)nnc1C1CC(=O)N(C)C1. The molecule has 36 heavy (non-hydrogen) atoms. The lowest BCUT2D eigenvalue weighted by Gasteiger charge is -2.22. The number of carbonyl (C=O) groups excluding carboxylic acids is 1. The van der Waals surface area contributed by atoms with E-state index < -0.39 is 6.10 Å². The summed E-state index contributed by atoms with van der Waals surface area (Å²) in [6.07, 6.45) is 3.02. The van der Waals surface area contributed by atoms with Crippen LogP contribution in [0.1, 0.15) is 37.0 Å². The molecule has 3 heterocycles. The molecule has 3 unspecified atom stereocenters. The van der Waals surface area contributed by atoms with Gasteiger partial charge in [0.15, 0.2) is 5.82 Å². The topological polar surface area (TPSA) is 117 Å². The number of amides is 1. The zero-order chi connectivity index (χ0) is 25.8. The van der Waals surface area contributed by atoms with Crippen molar-refractivity contribution in [2.24, 2.45) is 0 Å². The predicted molar refractivity (Wildman–Crippen MR) is 137 cm³/mol. The number of halogens is 1. The quantitative estimate of drug-likeness (QED) is 0.388. The molecule has 1 N–H and O–H groups in total. The van der Waals surface area contributed by atoms with Crippen LogP contribution in [-0.4, -0.2) is 75.7 Å². The summed E-state index contributed by atoms with van der Waals surface area (Å²) in [4.78, 5) is 22.6. The van der Waals surface area contributed by atoms with Crippen LogP contribution in [0, 0.1) is 0 Å². The minimum Gasteiger partial charge on any atom is -0.494 e. The number of rotatable bonds is 10. The van der Waals surface area contributed by atoms with Crippen LogP contribution in [0.15, 0.2) is 30.6 Å². The van der Waals surface area contributed by atoms with Gasteiger partial charge in [-0.25, -0.2) is 9.97 Å². The molecule has 13 heteroatoms. The van der Waals surface area contributed by atoms with Crippen molar-refractivity contribution in [2.45, 2.75) is 30.6 Å². The smallest absolute Gasteiger partial charge is 0.239 e. The molecule has 192 valence electrons. The monoisotopic (exact) mass is 533 g/mol. The van der Waals surface area contributed by atoms with Crippen LogP contribution in [0.25, 0.3) is 5.69 Å². The van der Waals surface area contributed by atoms with Crippen LogP contribution in [0.3, 0.4) is 0 Å². The molecule has 1 fully saturated rings. The predicted octanol–water partition coefficient (Wildman–Crippen LogP) is 3.51. The van der Waals surface area contributed by atoms with E-state index in [-0.39, 0.29) is 17.1 Å². The maximum absolute atomic E-state index is 12.3. The van der Waals surface area contributed by atoms with Gasteiger partial charge in [0.2, 0.25) is 11.9 Å². The number of aromatic nitrogens is 5. The summed E-state index contributed by atoms with van der Waals surface area (Å²) in [7, 11) is 6.57. The molecule has 0 saturated carbocycles. The molecule has 2 aromatic heterocycles. The molecule has 1 aromatic carbocycles. The second kappa shape index (κ2) is 11.3.